The SMILES string of the molecule is CC(C)CNCC(C)NCCC1CCSCC1. The van der Waals surface area contributed by atoms with E-state index < -0.39 is 0 Å². The van der Waals surface area contributed by atoms with Crippen LogP contribution in [0.3, 0.4) is 0 Å². The lowest BCUT2D eigenvalue weighted by atomic mass is 9.99. The van der Waals surface area contributed by atoms with Crippen LogP contribution in [0.4, 0.5) is 0 Å². The van der Waals surface area contributed by atoms with Crippen molar-refractivity contribution in [3.8, 4) is 0 Å². The first kappa shape index (κ1) is 15.3. The Balaban J connectivity index is 1.93. The highest BCUT2D eigenvalue weighted by Gasteiger charge is 2.13. The zero-order valence-corrected chi connectivity index (χ0v) is 12.6. The first-order chi connectivity index (χ1) is 8.18. The summed E-state index contributed by atoms with van der Waals surface area (Å²) in [4.78, 5) is 0. The van der Waals surface area contributed by atoms with Gasteiger partial charge in [-0.25, -0.2) is 0 Å². The average molecular weight is 258 g/mol. The second kappa shape index (κ2) is 9.23. The predicted molar refractivity (Wildman–Crippen MR) is 79.8 cm³/mol. The first-order valence-electron chi connectivity index (χ1n) is 7.20. The Hall–Kier alpha value is 0.270. The van der Waals surface area contributed by atoms with E-state index in [0.29, 0.717) is 6.04 Å². The Morgan fingerprint density at radius 3 is 2.47 bits per heavy atom. The molecule has 0 aliphatic carbocycles. The predicted octanol–water partition coefficient (Wildman–Crippen LogP) is 2.74. The van der Waals surface area contributed by atoms with Crippen LogP contribution in [0.15, 0.2) is 0 Å². The Morgan fingerprint density at radius 1 is 1.12 bits per heavy atom. The lowest BCUT2D eigenvalue weighted by molar-refractivity contribution is 0.408. The van der Waals surface area contributed by atoms with Gasteiger partial charge in [0.25, 0.3) is 0 Å². The fourth-order valence-electron chi connectivity index (χ4n) is 2.23. The second-order valence-electron chi connectivity index (χ2n) is 5.75. The molecule has 3 heteroatoms. The third kappa shape index (κ3) is 8.06. The van der Waals surface area contributed by atoms with E-state index in [0.717, 1.165) is 24.9 Å². The monoisotopic (exact) mass is 258 g/mol. The summed E-state index contributed by atoms with van der Waals surface area (Å²) in [6.07, 6.45) is 4.24. The number of hydrogen-bond acceptors (Lipinski definition) is 3. The van der Waals surface area contributed by atoms with Crippen LogP contribution < -0.4 is 10.6 Å². The van der Waals surface area contributed by atoms with Crippen molar-refractivity contribution in [1.29, 1.82) is 0 Å². The van der Waals surface area contributed by atoms with Crippen molar-refractivity contribution in [2.24, 2.45) is 11.8 Å². The van der Waals surface area contributed by atoms with Gasteiger partial charge in [-0.15, -0.1) is 0 Å². The highest BCUT2D eigenvalue weighted by atomic mass is 32.2. The van der Waals surface area contributed by atoms with Gasteiger partial charge in [-0.3, -0.25) is 0 Å². The quantitative estimate of drug-likeness (QED) is 0.700. The molecule has 17 heavy (non-hydrogen) atoms. The molecule has 0 aromatic carbocycles. The van der Waals surface area contributed by atoms with Crippen LogP contribution in [0.2, 0.25) is 0 Å². The van der Waals surface area contributed by atoms with E-state index in [9.17, 15) is 0 Å². The van der Waals surface area contributed by atoms with Gasteiger partial charge in [0.1, 0.15) is 0 Å². The fourth-order valence-corrected chi connectivity index (χ4v) is 3.43. The fraction of sp³-hybridized carbons (Fsp3) is 1.00. The molecule has 0 spiro atoms. The first-order valence-corrected chi connectivity index (χ1v) is 8.35. The number of rotatable bonds is 8. The van der Waals surface area contributed by atoms with Crippen LogP contribution in [0.5, 0.6) is 0 Å². The Labute approximate surface area is 112 Å². The molecule has 1 fully saturated rings. The molecule has 0 radical (unpaired) electrons. The molecule has 1 unspecified atom stereocenters. The molecule has 0 saturated carbocycles. The zero-order chi connectivity index (χ0) is 12.5. The standard InChI is InChI=1S/C14H30N2S/c1-12(2)10-15-11-13(3)16-7-4-14-5-8-17-9-6-14/h12-16H,4-11H2,1-3H3. The normalized spacial score (nSPS) is 19.8. The summed E-state index contributed by atoms with van der Waals surface area (Å²) in [5.41, 5.74) is 0. The molecule has 1 saturated heterocycles. The van der Waals surface area contributed by atoms with Gasteiger partial charge in [-0.2, -0.15) is 11.8 Å². The smallest absolute Gasteiger partial charge is 0.0164 e. The zero-order valence-electron chi connectivity index (χ0n) is 11.8. The molecule has 1 atom stereocenters. The van der Waals surface area contributed by atoms with Gasteiger partial charge in [0.2, 0.25) is 0 Å². The van der Waals surface area contributed by atoms with Crippen LogP contribution in [-0.2, 0) is 0 Å². The maximum absolute atomic E-state index is 3.63. The largest absolute Gasteiger partial charge is 0.315 e. The van der Waals surface area contributed by atoms with Crippen LogP contribution in [0.25, 0.3) is 0 Å². The average Bonchev–Trinajstić information content (AvgIpc) is 2.30. The van der Waals surface area contributed by atoms with Crippen molar-refractivity contribution in [1.82, 2.24) is 10.6 Å². The van der Waals surface area contributed by atoms with Gasteiger partial charge in [0.05, 0.1) is 0 Å². The second-order valence-corrected chi connectivity index (χ2v) is 6.98. The topological polar surface area (TPSA) is 24.1 Å². The molecule has 102 valence electrons. The van der Waals surface area contributed by atoms with Crippen LogP contribution >= 0.6 is 11.8 Å². The van der Waals surface area contributed by atoms with E-state index in [1.807, 2.05) is 0 Å². The van der Waals surface area contributed by atoms with Crippen molar-refractivity contribution in [2.75, 3.05) is 31.1 Å². The van der Waals surface area contributed by atoms with Crippen molar-refractivity contribution < 1.29 is 0 Å². The summed E-state index contributed by atoms with van der Waals surface area (Å²) in [5.74, 6) is 4.51. The van der Waals surface area contributed by atoms with E-state index in [1.54, 1.807) is 0 Å². The van der Waals surface area contributed by atoms with Crippen LogP contribution in [0.1, 0.15) is 40.0 Å². The van der Waals surface area contributed by atoms with E-state index in [1.165, 1.54) is 37.3 Å². The lowest BCUT2D eigenvalue weighted by Crippen LogP contribution is -2.38. The van der Waals surface area contributed by atoms with Gasteiger partial charge in [-0.1, -0.05) is 13.8 Å². The molecule has 1 aliphatic rings. The van der Waals surface area contributed by atoms with Crippen molar-refractivity contribution >= 4 is 11.8 Å². The van der Waals surface area contributed by atoms with Gasteiger partial charge in [0, 0.05) is 12.6 Å². The summed E-state index contributed by atoms with van der Waals surface area (Å²) in [5, 5.41) is 7.14. The Bertz CT molecular complexity index is 179. The molecule has 1 heterocycles. The third-order valence-corrected chi connectivity index (χ3v) is 4.44. The molecule has 0 bridgehead atoms. The molecule has 2 N–H and O–H groups in total. The van der Waals surface area contributed by atoms with Crippen molar-refractivity contribution in [3.05, 3.63) is 0 Å². The molecule has 0 aromatic heterocycles. The van der Waals surface area contributed by atoms with Crippen LogP contribution in [-0.4, -0.2) is 37.2 Å². The lowest BCUT2D eigenvalue weighted by Gasteiger charge is -2.22. The molecule has 0 aromatic rings. The Morgan fingerprint density at radius 2 is 1.82 bits per heavy atom. The molecule has 0 amide bonds. The third-order valence-electron chi connectivity index (χ3n) is 3.39. The molecular weight excluding hydrogens is 228 g/mol. The molecule has 1 rings (SSSR count). The maximum atomic E-state index is 3.63. The van der Waals surface area contributed by atoms with Gasteiger partial charge < -0.3 is 10.6 Å². The molecular formula is C14H30N2S. The van der Waals surface area contributed by atoms with Gasteiger partial charge >= 0.3 is 0 Å². The summed E-state index contributed by atoms with van der Waals surface area (Å²) >= 11 is 2.12. The van der Waals surface area contributed by atoms with Crippen LogP contribution in [0, 0.1) is 11.8 Å². The number of nitrogens with one attached hydrogen (secondary N) is 2. The maximum Gasteiger partial charge on any atom is 0.0164 e. The summed E-state index contributed by atoms with van der Waals surface area (Å²) in [6.45, 7) is 10.2. The van der Waals surface area contributed by atoms with Crippen molar-refractivity contribution in [3.63, 3.8) is 0 Å². The molecule has 2 nitrogen and oxygen atoms in total. The number of thioether (sulfide) groups is 1. The Kier molecular flexibility index (Phi) is 8.33. The minimum absolute atomic E-state index is 0.603. The van der Waals surface area contributed by atoms with E-state index in [-0.39, 0.29) is 0 Å². The summed E-state index contributed by atoms with van der Waals surface area (Å²) in [6, 6.07) is 0.603. The van der Waals surface area contributed by atoms with E-state index >= 15 is 0 Å². The summed E-state index contributed by atoms with van der Waals surface area (Å²) in [7, 11) is 0. The highest BCUT2D eigenvalue weighted by molar-refractivity contribution is 7.99. The minimum atomic E-state index is 0.603. The van der Waals surface area contributed by atoms with Gasteiger partial charge in [-0.05, 0) is 62.6 Å². The minimum Gasteiger partial charge on any atom is -0.315 e. The van der Waals surface area contributed by atoms with Crippen molar-refractivity contribution in [2.45, 2.75) is 46.1 Å². The van der Waals surface area contributed by atoms with E-state index in [2.05, 4.69) is 43.2 Å². The summed E-state index contributed by atoms with van der Waals surface area (Å²) < 4.78 is 0. The highest BCUT2D eigenvalue weighted by Crippen LogP contribution is 2.24. The van der Waals surface area contributed by atoms with Gasteiger partial charge in [0.15, 0.2) is 0 Å². The number of hydrogen-bond donors (Lipinski definition) is 2. The molecule has 1 aliphatic heterocycles. The van der Waals surface area contributed by atoms with E-state index in [4.69, 9.17) is 0 Å².